The smallest absolute Gasteiger partial charge is 0.0714 e. The first-order valence-electron chi connectivity index (χ1n) is 10.5. The van der Waals surface area contributed by atoms with Gasteiger partial charge in [0.2, 0.25) is 0 Å². The van der Waals surface area contributed by atoms with Crippen molar-refractivity contribution in [1.29, 1.82) is 0 Å². The van der Waals surface area contributed by atoms with Crippen LogP contribution < -0.4 is 0 Å². The van der Waals surface area contributed by atoms with Crippen LogP contribution in [0, 0.1) is 13.8 Å². The molecule has 1 aliphatic carbocycles. The van der Waals surface area contributed by atoms with Crippen molar-refractivity contribution in [3.05, 3.63) is 89.0 Å². The van der Waals surface area contributed by atoms with Crippen molar-refractivity contribution in [2.24, 2.45) is 0 Å². The Morgan fingerprint density at radius 3 is 2.43 bits per heavy atom. The molecule has 0 amide bonds. The molecule has 0 unspecified atom stereocenters. The molecule has 2 heterocycles. The number of aromatic nitrogens is 1. The van der Waals surface area contributed by atoms with Gasteiger partial charge >= 0.3 is 0 Å². The molecule has 6 rings (SSSR count). The summed E-state index contributed by atoms with van der Waals surface area (Å²) in [4.78, 5) is 6.54. The van der Waals surface area contributed by atoms with Crippen LogP contribution >= 0.6 is 11.3 Å². The fourth-order valence-corrected chi connectivity index (χ4v) is 6.75. The first kappa shape index (κ1) is 17.9. The van der Waals surface area contributed by atoms with Gasteiger partial charge in [0.1, 0.15) is 0 Å². The fraction of sp³-hybridized carbons (Fsp3) is 0.179. The minimum atomic E-state index is -0.0555. The summed E-state index contributed by atoms with van der Waals surface area (Å²) < 4.78 is 1.38. The normalized spacial score (nSPS) is 14.3. The van der Waals surface area contributed by atoms with Gasteiger partial charge in [-0.05, 0) is 65.3 Å². The lowest BCUT2D eigenvalue weighted by Crippen LogP contribution is -2.16. The molecule has 0 saturated carbocycles. The molecule has 0 atom stereocenters. The van der Waals surface area contributed by atoms with E-state index in [2.05, 4.69) is 94.4 Å². The van der Waals surface area contributed by atoms with Crippen molar-refractivity contribution in [1.82, 2.24) is 4.98 Å². The maximum absolute atomic E-state index is 5.12. The van der Waals surface area contributed by atoms with Gasteiger partial charge < -0.3 is 0 Å². The van der Waals surface area contributed by atoms with Crippen molar-refractivity contribution < 1.29 is 0 Å². The van der Waals surface area contributed by atoms with Crippen molar-refractivity contribution in [3.8, 4) is 21.7 Å². The SMILES string of the molecule is Cc1cc(C)c2ccc(-c3cccc4c3C(C)(C)c3c-4sc4ccccc34)nc2c1. The maximum Gasteiger partial charge on any atom is 0.0714 e. The summed E-state index contributed by atoms with van der Waals surface area (Å²) in [6.45, 7) is 9.06. The van der Waals surface area contributed by atoms with E-state index in [1.54, 1.807) is 0 Å². The van der Waals surface area contributed by atoms with Gasteiger partial charge in [0.05, 0.1) is 11.2 Å². The van der Waals surface area contributed by atoms with E-state index in [1.165, 1.54) is 53.7 Å². The fourth-order valence-electron chi connectivity index (χ4n) is 5.35. The van der Waals surface area contributed by atoms with Gasteiger partial charge in [-0.15, -0.1) is 11.3 Å². The molecule has 0 N–H and O–H groups in total. The Morgan fingerprint density at radius 2 is 1.57 bits per heavy atom. The number of aryl methyl sites for hydroxylation is 2. The molecule has 0 saturated heterocycles. The Bertz CT molecular complexity index is 1490. The average Bonchev–Trinajstić information content (AvgIpc) is 3.22. The Hall–Kier alpha value is -2.97. The highest BCUT2D eigenvalue weighted by Crippen LogP contribution is 2.57. The summed E-state index contributed by atoms with van der Waals surface area (Å²) >= 11 is 1.92. The molecular weight excluding hydrogens is 382 g/mol. The van der Waals surface area contributed by atoms with Crippen molar-refractivity contribution in [2.45, 2.75) is 33.1 Å². The van der Waals surface area contributed by atoms with Crippen LogP contribution in [0.4, 0.5) is 0 Å². The minimum absolute atomic E-state index is 0.0555. The summed E-state index contributed by atoms with van der Waals surface area (Å²) in [5.41, 5.74) is 10.2. The highest BCUT2D eigenvalue weighted by atomic mass is 32.1. The molecule has 146 valence electrons. The Kier molecular flexibility index (Phi) is 3.58. The van der Waals surface area contributed by atoms with Crippen LogP contribution in [-0.2, 0) is 5.41 Å². The van der Waals surface area contributed by atoms with Crippen LogP contribution in [-0.4, -0.2) is 4.98 Å². The first-order chi connectivity index (χ1) is 14.4. The number of benzene rings is 3. The van der Waals surface area contributed by atoms with Gasteiger partial charge in [0.25, 0.3) is 0 Å². The lowest BCUT2D eigenvalue weighted by molar-refractivity contribution is 0.668. The number of fused-ring (bicyclic) bond motifs is 6. The highest BCUT2D eigenvalue weighted by Gasteiger charge is 2.40. The van der Waals surface area contributed by atoms with Gasteiger partial charge in [0, 0.05) is 25.9 Å². The molecule has 0 aliphatic heterocycles. The third kappa shape index (κ3) is 2.31. The highest BCUT2D eigenvalue weighted by molar-refractivity contribution is 7.22. The molecule has 0 radical (unpaired) electrons. The quantitative estimate of drug-likeness (QED) is 0.275. The molecule has 1 nitrogen and oxygen atoms in total. The van der Waals surface area contributed by atoms with E-state index in [0.29, 0.717) is 0 Å². The molecule has 2 aromatic heterocycles. The molecule has 1 aliphatic rings. The number of hydrogen-bond acceptors (Lipinski definition) is 2. The average molecular weight is 406 g/mol. The van der Waals surface area contributed by atoms with E-state index in [4.69, 9.17) is 4.98 Å². The second kappa shape index (κ2) is 6.02. The van der Waals surface area contributed by atoms with Gasteiger partial charge in [-0.2, -0.15) is 0 Å². The monoisotopic (exact) mass is 405 g/mol. The number of nitrogens with zero attached hydrogens (tertiary/aromatic N) is 1. The Morgan fingerprint density at radius 1 is 0.767 bits per heavy atom. The number of hydrogen-bond donors (Lipinski definition) is 0. The zero-order chi connectivity index (χ0) is 20.6. The molecule has 2 heteroatoms. The van der Waals surface area contributed by atoms with Crippen LogP contribution in [0.15, 0.2) is 66.7 Å². The van der Waals surface area contributed by atoms with E-state index in [9.17, 15) is 0 Å². The van der Waals surface area contributed by atoms with Crippen LogP contribution in [0.5, 0.6) is 0 Å². The molecule has 30 heavy (non-hydrogen) atoms. The van der Waals surface area contributed by atoms with Crippen molar-refractivity contribution >= 4 is 32.3 Å². The third-order valence-corrected chi connectivity index (χ3v) is 7.79. The summed E-state index contributed by atoms with van der Waals surface area (Å²) in [7, 11) is 0. The van der Waals surface area contributed by atoms with Gasteiger partial charge in [-0.3, -0.25) is 0 Å². The van der Waals surface area contributed by atoms with Crippen LogP contribution in [0.2, 0.25) is 0 Å². The molecule has 0 fully saturated rings. The molecule has 5 aromatic rings. The van der Waals surface area contributed by atoms with Gasteiger partial charge in [-0.1, -0.05) is 62.4 Å². The predicted octanol–water partition coefficient (Wildman–Crippen LogP) is 8.04. The maximum atomic E-state index is 5.12. The van der Waals surface area contributed by atoms with E-state index in [0.717, 1.165) is 11.2 Å². The van der Waals surface area contributed by atoms with Crippen molar-refractivity contribution in [3.63, 3.8) is 0 Å². The van der Waals surface area contributed by atoms with Crippen molar-refractivity contribution in [2.75, 3.05) is 0 Å². The van der Waals surface area contributed by atoms with E-state index in [-0.39, 0.29) is 5.41 Å². The third-order valence-electron chi connectivity index (χ3n) is 6.59. The summed E-state index contributed by atoms with van der Waals surface area (Å²) in [6, 6.07) is 24.4. The summed E-state index contributed by atoms with van der Waals surface area (Å²) in [5, 5.41) is 2.63. The predicted molar refractivity (Wildman–Crippen MR) is 130 cm³/mol. The minimum Gasteiger partial charge on any atom is -0.248 e. The van der Waals surface area contributed by atoms with Crippen LogP contribution in [0.25, 0.3) is 42.7 Å². The number of pyridine rings is 1. The Labute approximate surface area is 181 Å². The largest absolute Gasteiger partial charge is 0.248 e. The standard InChI is InChI=1S/C28H23NS/c1-16-14-17(2)18-12-13-22(29-23(18)15-16)19-9-7-10-21-25(19)28(3,4)26-20-8-5-6-11-24(20)30-27(21)26/h5-15H,1-4H3. The topological polar surface area (TPSA) is 12.9 Å². The van der Waals surface area contributed by atoms with E-state index >= 15 is 0 Å². The zero-order valence-electron chi connectivity index (χ0n) is 17.7. The lowest BCUT2D eigenvalue weighted by Gasteiger charge is -2.24. The summed E-state index contributed by atoms with van der Waals surface area (Å²) in [5.74, 6) is 0. The number of rotatable bonds is 1. The Balaban J connectivity index is 1.63. The summed E-state index contributed by atoms with van der Waals surface area (Å²) in [6.07, 6.45) is 0. The van der Waals surface area contributed by atoms with E-state index in [1.807, 2.05) is 11.3 Å². The molecular formula is C28H23NS. The van der Waals surface area contributed by atoms with Crippen LogP contribution in [0.1, 0.15) is 36.1 Å². The first-order valence-corrected chi connectivity index (χ1v) is 11.3. The lowest BCUT2D eigenvalue weighted by atomic mass is 9.78. The second-order valence-corrected chi connectivity index (χ2v) is 10.1. The van der Waals surface area contributed by atoms with Gasteiger partial charge in [0.15, 0.2) is 0 Å². The van der Waals surface area contributed by atoms with Gasteiger partial charge in [-0.25, -0.2) is 4.98 Å². The van der Waals surface area contributed by atoms with E-state index < -0.39 is 0 Å². The second-order valence-electron chi connectivity index (χ2n) is 9.00. The molecule has 0 bridgehead atoms. The number of thiophene rings is 1. The molecule has 0 spiro atoms. The molecule has 3 aromatic carbocycles. The van der Waals surface area contributed by atoms with Crippen LogP contribution in [0.3, 0.4) is 0 Å². The zero-order valence-corrected chi connectivity index (χ0v) is 18.5.